The topological polar surface area (TPSA) is 136 Å². The van der Waals surface area contributed by atoms with Gasteiger partial charge in [0, 0.05) is 30.7 Å². The zero-order chi connectivity index (χ0) is 25.2. The molecule has 3 heterocycles. The number of aliphatic hydroxyl groups is 1. The van der Waals surface area contributed by atoms with Gasteiger partial charge in [-0.3, -0.25) is 0 Å². The molecule has 35 heavy (non-hydrogen) atoms. The van der Waals surface area contributed by atoms with Crippen LogP contribution in [-0.2, 0) is 4.74 Å². The maximum atomic E-state index is 12.3. The van der Waals surface area contributed by atoms with Crippen LogP contribution in [0.3, 0.4) is 0 Å². The molecular formula is C24H33N7O3S. The van der Waals surface area contributed by atoms with Gasteiger partial charge in [0.25, 0.3) is 0 Å². The first kappa shape index (κ1) is 25.1. The number of amides is 1. The number of hydrogen-bond acceptors (Lipinski definition) is 10. The van der Waals surface area contributed by atoms with Gasteiger partial charge in [0.05, 0.1) is 17.2 Å². The molecule has 0 unspecified atom stereocenters. The lowest BCUT2D eigenvalue weighted by Crippen LogP contribution is -2.44. The molecule has 0 radical (unpaired) electrons. The third-order valence-corrected chi connectivity index (χ3v) is 7.23. The summed E-state index contributed by atoms with van der Waals surface area (Å²) in [6.45, 7) is 8.62. The van der Waals surface area contributed by atoms with Crippen LogP contribution < -0.4 is 10.6 Å². The minimum absolute atomic E-state index is 0.118. The van der Waals surface area contributed by atoms with Crippen molar-refractivity contribution in [2.45, 2.75) is 83.1 Å². The number of piperidine rings is 1. The SMILES string of the molecule is CC(C)(C)OC(=O)N1CCC(Nc2ncc(-c3nc(C#N)cs3)c(N[C@@H]3CCC[C@@]3(C)O)n2)CC1. The molecule has 1 saturated heterocycles. The van der Waals surface area contributed by atoms with Crippen LogP contribution in [0.5, 0.6) is 0 Å². The fourth-order valence-electron chi connectivity index (χ4n) is 4.42. The van der Waals surface area contributed by atoms with Gasteiger partial charge < -0.3 is 25.4 Å². The molecule has 0 aromatic carbocycles. The van der Waals surface area contributed by atoms with Crippen molar-refractivity contribution >= 4 is 29.2 Å². The highest BCUT2D eigenvalue weighted by atomic mass is 32.1. The van der Waals surface area contributed by atoms with Crippen LogP contribution in [0.1, 0.15) is 65.5 Å². The zero-order valence-corrected chi connectivity index (χ0v) is 21.5. The van der Waals surface area contributed by atoms with Gasteiger partial charge in [0.15, 0.2) is 5.69 Å². The Balaban J connectivity index is 1.48. The monoisotopic (exact) mass is 499 g/mol. The van der Waals surface area contributed by atoms with E-state index in [1.54, 1.807) is 16.5 Å². The quantitative estimate of drug-likeness (QED) is 0.557. The van der Waals surface area contributed by atoms with Crippen molar-refractivity contribution in [1.29, 1.82) is 5.26 Å². The predicted molar refractivity (Wildman–Crippen MR) is 134 cm³/mol. The summed E-state index contributed by atoms with van der Waals surface area (Å²) in [4.78, 5) is 27.7. The minimum Gasteiger partial charge on any atom is -0.444 e. The third-order valence-electron chi connectivity index (χ3n) is 6.36. The Bertz CT molecular complexity index is 1100. The van der Waals surface area contributed by atoms with Crippen LogP contribution in [0.15, 0.2) is 11.6 Å². The lowest BCUT2D eigenvalue weighted by atomic mass is 10.0. The van der Waals surface area contributed by atoms with Crippen LogP contribution in [0.2, 0.25) is 0 Å². The fraction of sp³-hybridized carbons (Fsp3) is 0.625. The van der Waals surface area contributed by atoms with Crippen LogP contribution >= 0.6 is 11.3 Å². The van der Waals surface area contributed by atoms with E-state index in [0.717, 1.165) is 32.1 Å². The Morgan fingerprint density at radius 3 is 2.63 bits per heavy atom. The molecule has 0 spiro atoms. The molecule has 10 nitrogen and oxygen atoms in total. The molecule has 1 aliphatic heterocycles. The van der Waals surface area contributed by atoms with Gasteiger partial charge in [0.1, 0.15) is 22.5 Å². The molecule has 11 heteroatoms. The Morgan fingerprint density at radius 2 is 2.03 bits per heavy atom. The molecule has 0 bridgehead atoms. The van der Waals surface area contributed by atoms with Crippen molar-refractivity contribution in [3.05, 3.63) is 17.3 Å². The molecule has 4 rings (SSSR count). The number of nitrogens with one attached hydrogen (secondary N) is 2. The van der Waals surface area contributed by atoms with E-state index < -0.39 is 11.2 Å². The van der Waals surface area contributed by atoms with Gasteiger partial charge in [-0.2, -0.15) is 10.2 Å². The molecular weight excluding hydrogens is 466 g/mol. The maximum absolute atomic E-state index is 12.3. The maximum Gasteiger partial charge on any atom is 0.410 e. The number of ether oxygens (including phenoxy) is 1. The molecule has 2 aromatic heterocycles. The zero-order valence-electron chi connectivity index (χ0n) is 20.7. The van der Waals surface area contributed by atoms with Gasteiger partial charge in [-0.05, 0) is 59.8 Å². The van der Waals surface area contributed by atoms with E-state index in [1.807, 2.05) is 27.7 Å². The number of thiazole rings is 1. The molecule has 3 N–H and O–H groups in total. The number of anilines is 2. The first-order valence-electron chi connectivity index (χ1n) is 12.0. The van der Waals surface area contributed by atoms with Crippen molar-refractivity contribution in [3.8, 4) is 16.6 Å². The summed E-state index contributed by atoms with van der Waals surface area (Å²) in [7, 11) is 0. The van der Waals surface area contributed by atoms with Crippen LogP contribution in [0.25, 0.3) is 10.6 Å². The normalized spacial score (nSPS) is 23.1. The van der Waals surface area contributed by atoms with Gasteiger partial charge in [-0.15, -0.1) is 11.3 Å². The number of carbonyl (C=O) groups excluding carboxylic acids is 1. The van der Waals surface area contributed by atoms with Gasteiger partial charge in [-0.1, -0.05) is 0 Å². The van der Waals surface area contributed by atoms with E-state index in [9.17, 15) is 15.2 Å². The summed E-state index contributed by atoms with van der Waals surface area (Å²) >= 11 is 1.36. The predicted octanol–water partition coefficient (Wildman–Crippen LogP) is 4.00. The van der Waals surface area contributed by atoms with Gasteiger partial charge in [0.2, 0.25) is 5.95 Å². The molecule has 188 valence electrons. The molecule has 2 aliphatic rings. The average molecular weight is 500 g/mol. The highest BCUT2D eigenvalue weighted by Crippen LogP contribution is 2.35. The first-order chi connectivity index (χ1) is 16.5. The highest BCUT2D eigenvalue weighted by Gasteiger charge is 2.37. The number of rotatable bonds is 5. The van der Waals surface area contributed by atoms with E-state index in [4.69, 9.17) is 9.72 Å². The summed E-state index contributed by atoms with van der Waals surface area (Å²) in [6, 6.07) is 2.04. The Morgan fingerprint density at radius 1 is 1.29 bits per heavy atom. The fourth-order valence-corrected chi connectivity index (χ4v) is 5.18. The van der Waals surface area contributed by atoms with Gasteiger partial charge in [-0.25, -0.2) is 14.8 Å². The molecule has 1 saturated carbocycles. The number of nitrogens with zero attached hydrogens (tertiary/aromatic N) is 5. The number of likely N-dealkylation sites (tertiary alicyclic amines) is 1. The summed E-state index contributed by atoms with van der Waals surface area (Å²) in [5.41, 5.74) is -0.293. The van der Waals surface area contributed by atoms with Crippen molar-refractivity contribution in [2.75, 3.05) is 23.7 Å². The standard InChI is InChI=1S/C24H33N7O3S/c1-23(2,3)34-22(32)31-10-7-15(8-11-31)28-21-26-13-17(20-27-16(12-25)14-35-20)19(30-21)29-18-6-5-9-24(18,4)33/h13-15,18,33H,5-11H2,1-4H3,(H2,26,28,29,30)/t18-,24-/m1/s1. The van der Waals surface area contributed by atoms with Crippen molar-refractivity contribution < 1.29 is 14.6 Å². The number of nitriles is 1. The van der Waals surface area contributed by atoms with Crippen molar-refractivity contribution in [3.63, 3.8) is 0 Å². The van der Waals surface area contributed by atoms with Gasteiger partial charge >= 0.3 is 6.09 Å². The third kappa shape index (κ3) is 6.18. The summed E-state index contributed by atoms with van der Waals surface area (Å²) in [6.07, 6.45) is 5.42. The molecule has 1 aliphatic carbocycles. The van der Waals surface area contributed by atoms with E-state index in [1.165, 1.54) is 11.3 Å². The molecule has 1 amide bonds. The second kappa shape index (κ2) is 9.95. The largest absolute Gasteiger partial charge is 0.444 e. The second-order valence-corrected chi connectivity index (χ2v) is 11.3. The average Bonchev–Trinajstić information content (AvgIpc) is 3.39. The second-order valence-electron chi connectivity index (χ2n) is 10.4. The summed E-state index contributed by atoms with van der Waals surface area (Å²) < 4.78 is 5.48. The number of carbonyl (C=O) groups is 1. The Hall–Kier alpha value is -2.97. The lowest BCUT2D eigenvalue weighted by molar-refractivity contribution is 0.0210. The summed E-state index contributed by atoms with van der Waals surface area (Å²) in [5.74, 6) is 1.06. The first-order valence-corrected chi connectivity index (χ1v) is 12.9. The van der Waals surface area contributed by atoms with E-state index >= 15 is 0 Å². The van der Waals surface area contributed by atoms with E-state index in [2.05, 4.69) is 26.7 Å². The van der Waals surface area contributed by atoms with Crippen LogP contribution in [0.4, 0.5) is 16.6 Å². The number of hydrogen-bond donors (Lipinski definition) is 3. The lowest BCUT2D eigenvalue weighted by Gasteiger charge is -2.33. The molecule has 2 fully saturated rings. The van der Waals surface area contributed by atoms with Crippen molar-refractivity contribution in [2.24, 2.45) is 0 Å². The Labute approximate surface area is 209 Å². The molecule has 2 atom stereocenters. The highest BCUT2D eigenvalue weighted by molar-refractivity contribution is 7.13. The van der Waals surface area contributed by atoms with Crippen molar-refractivity contribution in [1.82, 2.24) is 19.9 Å². The Kier molecular flexibility index (Phi) is 7.15. The van der Waals surface area contributed by atoms with E-state index in [-0.39, 0.29) is 18.2 Å². The summed E-state index contributed by atoms with van der Waals surface area (Å²) in [5, 5.41) is 29.1. The number of aromatic nitrogens is 3. The van der Waals surface area contributed by atoms with Crippen LogP contribution in [-0.4, -0.2) is 67.4 Å². The van der Waals surface area contributed by atoms with E-state index in [0.29, 0.717) is 41.1 Å². The van der Waals surface area contributed by atoms with Crippen LogP contribution in [0, 0.1) is 11.3 Å². The minimum atomic E-state index is -0.828. The molecule has 2 aromatic rings. The smallest absolute Gasteiger partial charge is 0.410 e.